The number of likely N-dealkylation sites (tertiary alicyclic amines) is 1. The molecule has 2 aromatic rings. The molecule has 25 heavy (non-hydrogen) atoms. The van der Waals surface area contributed by atoms with Gasteiger partial charge in [-0.2, -0.15) is 13.2 Å². The molecule has 3 rings (SSSR count). The van der Waals surface area contributed by atoms with Crippen LogP contribution in [0.3, 0.4) is 0 Å². The van der Waals surface area contributed by atoms with Crippen molar-refractivity contribution in [2.45, 2.75) is 36.4 Å². The molecule has 1 fully saturated rings. The van der Waals surface area contributed by atoms with Crippen molar-refractivity contribution >= 4 is 22.9 Å². The van der Waals surface area contributed by atoms with E-state index in [0.29, 0.717) is 17.0 Å². The fourth-order valence-electron chi connectivity index (χ4n) is 3.23. The smallest absolute Gasteiger partial charge is 0.322 e. The lowest BCUT2D eigenvalue weighted by Crippen LogP contribution is -2.27. The Morgan fingerprint density at radius 3 is 2.84 bits per heavy atom. The number of nitrogens with zero attached hydrogens (tertiary/aromatic N) is 1. The summed E-state index contributed by atoms with van der Waals surface area (Å²) in [5.41, 5.74) is -1.46. The molecule has 1 aromatic carbocycles. The second-order valence-corrected chi connectivity index (χ2v) is 7.28. The number of alkyl halides is 3. The van der Waals surface area contributed by atoms with Gasteiger partial charge < -0.3 is 9.88 Å². The van der Waals surface area contributed by atoms with Crippen LogP contribution in [0.5, 0.6) is 0 Å². The summed E-state index contributed by atoms with van der Waals surface area (Å²) >= 11 is 1.32. The first-order chi connectivity index (χ1) is 11.8. The molecule has 0 saturated carbocycles. The van der Waals surface area contributed by atoms with E-state index in [0.717, 1.165) is 19.5 Å². The van der Waals surface area contributed by atoms with Gasteiger partial charge >= 0.3 is 6.18 Å². The Labute approximate surface area is 147 Å². The van der Waals surface area contributed by atoms with Crippen molar-refractivity contribution in [2.75, 3.05) is 20.1 Å². The summed E-state index contributed by atoms with van der Waals surface area (Å²) in [7, 11) is 2.12. The predicted octanol–water partition coefficient (Wildman–Crippen LogP) is 3.63. The zero-order valence-corrected chi connectivity index (χ0v) is 14.6. The van der Waals surface area contributed by atoms with Gasteiger partial charge in [0.2, 0.25) is 5.56 Å². The fraction of sp³-hybridized carbons (Fsp3) is 0.471. The van der Waals surface area contributed by atoms with Crippen molar-refractivity contribution in [1.82, 2.24) is 14.6 Å². The van der Waals surface area contributed by atoms with Crippen LogP contribution >= 0.6 is 11.9 Å². The van der Waals surface area contributed by atoms with Gasteiger partial charge in [0.05, 0.1) is 5.56 Å². The number of fused-ring (bicyclic) bond motifs is 1. The molecule has 0 bridgehead atoms. The summed E-state index contributed by atoms with van der Waals surface area (Å²) in [6.07, 6.45) is -1.13. The molecule has 0 aliphatic carbocycles. The highest BCUT2D eigenvalue weighted by atomic mass is 32.2. The van der Waals surface area contributed by atoms with Crippen LogP contribution in [0.1, 0.15) is 24.8 Å². The molecule has 1 aliphatic rings. The Balaban J connectivity index is 1.70. The molecule has 2 heterocycles. The highest BCUT2D eigenvalue weighted by molar-refractivity contribution is 7.97. The molecule has 1 saturated heterocycles. The van der Waals surface area contributed by atoms with Crippen LogP contribution in [0.15, 0.2) is 34.0 Å². The Morgan fingerprint density at radius 2 is 2.16 bits per heavy atom. The highest BCUT2D eigenvalue weighted by Gasteiger charge is 2.33. The maximum absolute atomic E-state index is 13.2. The number of hydrogen-bond donors (Lipinski definition) is 2. The van der Waals surface area contributed by atoms with E-state index in [2.05, 4.69) is 21.7 Å². The molecule has 0 amide bonds. The summed E-state index contributed by atoms with van der Waals surface area (Å²) in [5.74, 6) is 0. The lowest BCUT2D eigenvalue weighted by molar-refractivity contribution is -0.136. The number of H-pyrrole nitrogens is 1. The average Bonchev–Trinajstić information content (AvgIpc) is 2.95. The van der Waals surface area contributed by atoms with Gasteiger partial charge in [-0.1, -0.05) is 0 Å². The molecular weight excluding hydrogens is 351 g/mol. The molecule has 1 aromatic heterocycles. The van der Waals surface area contributed by atoms with Gasteiger partial charge in [-0.05, 0) is 63.0 Å². The van der Waals surface area contributed by atoms with Crippen LogP contribution in [-0.4, -0.2) is 36.1 Å². The van der Waals surface area contributed by atoms with Gasteiger partial charge in [0.1, 0.15) is 0 Å². The molecular formula is C17H20F3N3OS. The van der Waals surface area contributed by atoms with E-state index in [4.69, 9.17) is 0 Å². The van der Waals surface area contributed by atoms with E-state index in [1.54, 1.807) is 6.07 Å². The van der Waals surface area contributed by atoms with Gasteiger partial charge in [-0.15, -0.1) is 0 Å². The number of aromatic nitrogens is 1. The second kappa shape index (κ2) is 7.39. The molecule has 8 heteroatoms. The summed E-state index contributed by atoms with van der Waals surface area (Å²) in [6, 6.07) is 5.87. The maximum atomic E-state index is 13.2. The average molecular weight is 371 g/mol. The molecule has 136 valence electrons. The van der Waals surface area contributed by atoms with Crippen LogP contribution in [0.25, 0.3) is 10.9 Å². The maximum Gasteiger partial charge on any atom is 0.417 e. The summed E-state index contributed by atoms with van der Waals surface area (Å²) in [5, 5.41) is 0.00873. The number of pyridine rings is 1. The molecule has 1 aliphatic heterocycles. The van der Waals surface area contributed by atoms with Gasteiger partial charge in [0, 0.05) is 34.5 Å². The van der Waals surface area contributed by atoms with Crippen molar-refractivity contribution < 1.29 is 13.2 Å². The molecule has 1 atom stereocenters. The van der Waals surface area contributed by atoms with Crippen molar-refractivity contribution in [3.63, 3.8) is 0 Å². The van der Waals surface area contributed by atoms with Crippen LogP contribution in [0.4, 0.5) is 13.2 Å². The third-order valence-corrected chi connectivity index (χ3v) is 5.40. The Morgan fingerprint density at radius 1 is 1.36 bits per heavy atom. The fourth-order valence-corrected chi connectivity index (χ4v) is 3.93. The first-order valence-corrected chi connectivity index (χ1v) is 9.00. The number of halogens is 3. The van der Waals surface area contributed by atoms with Gasteiger partial charge in [-0.25, -0.2) is 0 Å². The van der Waals surface area contributed by atoms with Crippen LogP contribution in [0.2, 0.25) is 0 Å². The van der Waals surface area contributed by atoms with Crippen molar-refractivity contribution in [1.29, 1.82) is 0 Å². The van der Waals surface area contributed by atoms with Gasteiger partial charge in [-0.3, -0.25) is 9.52 Å². The Bertz CT molecular complexity index is 806. The van der Waals surface area contributed by atoms with Crippen LogP contribution in [0, 0.1) is 0 Å². The summed E-state index contributed by atoms with van der Waals surface area (Å²) in [4.78, 5) is 16.9. The molecule has 2 N–H and O–H groups in total. The number of nitrogens with one attached hydrogen (secondary N) is 2. The Hall–Kier alpha value is -1.51. The van der Waals surface area contributed by atoms with Crippen LogP contribution < -0.4 is 10.3 Å². The first-order valence-electron chi connectivity index (χ1n) is 8.19. The number of benzene rings is 1. The molecule has 0 radical (unpaired) electrons. The normalized spacial score (nSPS) is 19.0. The lowest BCUT2D eigenvalue weighted by atomic mass is 10.1. The van der Waals surface area contributed by atoms with E-state index >= 15 is 0 Å². The topological polar surface area (TPSA) is 48.1 Å². The first kappa shape index (κ1) is 18.3. The molecule has 0 spiro atoms. The quantitative estimate of drug-likeness (QED) is 0.623. The molecule has 1 unspecified atom stereocenters. The number of hydrogen-bond acceptors (Lipinski definition) is 4. The summed E-state index contributed by atoms with van der Waals surface area (Å²) < 4.78 is 42.7. The minimum absolute atomic E-state index is 0.00873. The van der Waals surface area contributed by atoms with Gasteiger partial charge in [0.25, 0.3) is 0 Å². The van der Waals surface area contributed by atoms with Crippen molar-refractivity contribution in [2.24, 2.45) is 0 Å². The minimum Gasteiger partial charge on any atom is -0.322 e. The van der Waals surface area contributed by atoms with Crippen LogP contribution in [-0.2, 0) is 6.18 Å². The van der Waals surface area contributed by atoms with Crippen molar-refractivity contribution in [3.8, 4) is 0 Å². The Kier molecular flexibility index (Phi) is 5.41. The van der Waals surface area contributed by atoms with E-state index in [1.807, 2.05) is 0 Å². The largest absolute Gasteiger partial charge is 0.417 e. The third kappa shape index (κ3) is 4.37. The monoisotopic (exact) mass is 371 g/mol. The SMILES string of the molecule is CN1CCCC1CCNSc1ccc2[nH]c(=O)cc(C(F)(F)F)c2c1. The minimum atomic E-state index is -4.56. The second-order valence-electron chi connectivity index (χ2n) is 6.31. The molecule has 4 nitrogen and oxygen atoms in total. The third-order valence-electron chi connectivity index (χ3n) is 4.56. The van der Waals surface area contributed by atoms with E-state index in [-0.39, 0.29) is 10.9 Å². The predicted molar refractivity (Wildman–Crippen MR) is 93.7 cm³/mol. The van der Waals surface area contributed by atoms with Crippen molar-refractivity contribution in [3.05, 3.63) is 40.2 Å². The number of aromatic amines is 1. The highest BCUT2D eigenvalue weighted by Crippen LogP contribution is 2.34. The standard InChI is InChI=1S/C17H20F3N3OS/c1-23-8-2-3-11(23)6-7-21-25-12-4-5-15-13(9-12)14(17(18,19)20)10-16(24)22-15/h4-5,9-11,21H,2-3,6-8H2,1H3,(H,22,24). The van der Waals surface area contributed by atoms with E-state index in [1.165, 1.54) is 36.9 Å². The zero-order valence-electron chi connectivity index (χ0n) is 13.8. The number of rotatable bonds is 5. The van der Waals surface area contributed by atoms with Gasteiger partial charge in [0.15, 0.2) is 0 Å². The summed E-state index contributed by atoms with van der Waals surface area (Å²) in [6.45, 7) is 1.91. The van der Waals surface area contributed by atoms with E-state index < -0.39 is 17.3 Å². The van der Waals surface area contributed by atoms with E-state index in [9.17, 15) is 18.0 Å². The lowest BCUT2D eigenvalue weighted by Gasteiger charge is -2.19. The zero-order chi connectivity index (χ0) is 18.0.